The van der Waals surface area contributed by atoms with Crippen molar-refractivity contribution < 1.29 is 4.79 Å². The lowest BCUT2D eigenvalue weighted by Crippen LogP contribution is -2.48. The van der Waals surface area contributed by atoms with Gasteiger partial charge >= 0.3 is 0 Å². The van der Waals surface area contributed by atoms with Crippen molar-refractivity contribution in [1.82, 2.24) is 14.8 Å². The minimum Gasteiger partial charge on any atom is -0.336 e. The van der Waals surface area contributed by atoms with Crippen molar-refractivity contribution in [1.29, 1.82) is 0 Å². The van der Waals surface area contributed by atoms with Crippen molar-refractivity contribution in [3.05, 3.63) is 80.6 Å². The predicted octanol–water partition coefficient (Wildman–Crippen LogP) is 3.41. The molecular formula is C24H27N3O2. The van der Waals surface area contributed by atoms with Crippen molar-refractivity contribution in [3.8, 4) is 0 Å². The first kappa shape index (κ1) is 19.4. The molecule has 2 aromatic carbocycles. The molecule has 29 heavy (non-hydrogen) atoms. The summed E-state index contributed by atoms with van der Waals surface area (Å²) >= 11 is 0. The second kappa shape index (κ2) is 7.84. The summed E-state index contributed by atoms with van der Waals surface area (Å²) in [5, 5.41) is 1.07. The number of hydrogen-bond donors (Lipinski definition) is 1. The third-order valence-electron chi connectivity index (χ3n) is 5.80. The zero-order valence-electron chi connectivity index (χ0n) is 17.3. The second-order valence-corrected chi connectivity index (χ2v) is 8.05. The molecule has 0 unspecified atom stereocenters. The van der Waals surface area contributed by atoms with Crippen LogP contribution in [-0.4, -0.2) is 46.9 Å². The fraction of sp³-hybridized carbons (Fsp3) is 0.333. The molecule has 1 N–H and O–H groups in total. The number of nitrogens with one attached hydrogen (secondary N) is 1. The maximum absolute atomic E-state index is 12.8. The van der Waals surface area contributed by atoms with Crippen molar-refractivity contribution in [2.24, 2.45) is 0 Å². The quantitative estimate of drug-likeness (QED) is 0.747. The van der Waals surface area contributed by atoms with E-state index < -0.39 is 0 Å². The number of aryl methyl sites for hydroxylation is 3. The van der Waals surface area contributed by atoms with Crippen LogP contribution in [0.2, 0.25) is 0 Å². The van der Waals surface area contributed by atoms with Gasteiger partial charge in [0.1, 0.15) is 0 Å². The molecule has 0 radical (unpaired) electrons. The third kappa shape index (κ3) is 3.96. The number of aromatic amines is 1. The molecule has 3 aromatic rings. The molecule has 150 valence electrons. The van der Waals surface area contributed by atoms with E-state index in [9.17, 15) is 9.59 Å². The zero-order chi connectivity index (χ0) is 20.5. The summed E-state index contributed by atoms with van der Waals surface area (Å²) in [6.45, 7) is 9.55. The summed E-state index contributed by atoms with van der Waals surface area (Å²) in [6, 6.07) is 13.9. The number of carbonyl (C=O) groups excluding carboxylic acids is 1. The molecule has 5 heteroatoms. The highest BCUT2D eigenvalue weighted by molar-refractivity contribution is 5.95. The minimum atomic E-state index is -0.0251. The SMILES string of the molecule is Cc1cc(C)c2[nH]c(=O)c(CN3CCN(C(=O)c4ccccc4C)CC3)cc2c1. The Morgan fingerprint density at radius 1 is 0.966 bits per heavy atom. The molecule has 0 aliphatic carbocycles. The summed E-state index contributed by atoms with van der Waals surface area (Å²) in [6.07, 6.45) is 0. The first-order chi connectivity index (χ1) is 13.9. The average molecular weight is 389 g/mol. The highest BCUT2D eigenvalue weighted by Crippen LogP contribution is 2.19. The molecule has 1 aliphatic rings. The molecule has 5 nitrogen and oxygen atoms in total. The number of carbonyl (C=O) groups is 1. The van der Waals surface area contributed by atoms with Gasteiger partial charge in [-0.15, -0.1) is 0 Å². The van der Waals surface area contributed by atoms with E-state index in [0.29, 0.717) is 19.6 Å². The molecule has 0 saturated carbocycles. The summed E-state index contributed by atoms with van der Waals surface area (Å²) in [5.74, 6) is 0.0947. The van der Waals surface area contributed by atoms with Crippen LogP contribution in [0.15, 0.2) is 47.3 Å². The smallest absolute Gasteiger partial charge is 0.254 e. The number of benzene rings is 2. The molecular weight excluding hydrogens is 362 g/mol. The van der Waals surface area contributed by atoms with E-state index in [1.807, 2.05) is 49.1 Å². The van der Waals surface area contributed by atoms with Crippen LogP contribution in [0.1, 0.15) is 32.6 Å². The van der Waals surface area contributed by atoms with Gasteiger partial charge in [-0.2, -0.15) is 0 Å². The number of nitrogens with zero attached hydrogens (tertiary/aromatic N) is 2. The van der Waals surface area contributed by atoms with Crippen LogP contribution in [-0.2, 0) is 6.54 Å². The van der Waals surface area contributed by atoms with Crippen LogP contribution >= 0.6 is 0 Å². The fourth-order valence-corrected chi connectivity index (χ4v) is 4.18. The molecule has 1 saturated heterocycles. The number of H-pyrrole nitrogens is 1. The van der Waals surface area contributed by atoms with E-state index in [0.717, 1.165) is 46.2 Å². The van der Waals surface area contributed by atoms with E-state index in [2.05, 4.69) is 28.9 Å². The minimum absolute atomic E-state index is 0.0251. The molecule has 2 heterocycles. The fourth-order valence-electron chi connectivity index (χ4n) is 4.18. The van der Waals surface area contributed by atoms with E-state index in [-0.39, 0.29) is 11.5 Å². The average Bonchev–Trinajstić information content (AvgIpc) is 2.70. The van der Waals surface area contributed by atoms with E-state index in [1.165, 1.54) is 5.56 Å². The molecule has 4 rings (SSSR count). The Hall–Kier alpha value is -2.92. The van der Waals surface area contributed by atoms with Gasteiger partial charge in [0.05, 0.1) is 5.52 Å². The van der Waals surface area contributed by atoms with Crippen molar-refractivity contribution >= 4 is 16.8 Å². The molecule has 0 bridgehead atoms. The summed E-state index contributed by atoms with van der Waals surface area (Å²) in [7, 11) is 0. The predicted molar refractivity (Wildman–Crippen MR) is 116 cm³/mol. The van der Waals surface area contributed by atoms with E-state index in [4.69, 9.17) is 0 Å². The number of fused-ring (bicyclic) bond motifs is 1. The Bertz CT molecular complexity index is 1120. The molecule has 1 amide bonds. The van der Waals surface area contributed by atoms with E-state index >= 15 is 0 Å². The molecule has 1 aromatic heterocycles. The van der Waals surface area contributed by atoms with Crippen LogP contribution in [0.25, 0.3) is 10.9 Å². The number of pyridine rings is 1. The summed E-state index contributed by atoms with van der Waals surface area (Å²) in [4.78, 5) is 32.6. The molecule has 1 fully saturated rings. The van der Waals surface area contributed by atoms with Gasteiger partial charge in [0.2, 0.25) is 0 Å². The zero-order valence-corrected chi connectivity index (χ0v) is 17.3. The Balaban J connectivity index is 1.46. The highest BCUT2D eigenvalue weighted by atomic mass is 16.2. The molecule has 1 aliphatic heterocycles. The Morgan fingerprint density at radius 2 is 1.69 bits per heavy atom. The first-order valence-corrected chi connectivity index (χ1v) is 10.1. The topological polar surface area (TPSA) is 56.4 Å². The molecule has 0 spiro atoms. The van der Waals surface area contributed by atoms with Crippen LogP contribution in [0.5, 0.6) is 0 Å². The number of piperazine rings is 1. The summed E-state index contributed by atoms with van der Waals surface area (Å²) in [5.41, 5.74) is 5.73. The van der Waals surface area contributed by atoms with Gasteiger partial charge in [0, 0.05) is 43.9 Å². The lowest BCUT2D eigenvalue weighted by Gasteiger charge is -2.35. The lowest BCUT2D eigenvalue weighted by molar-refractivity contribution is 0.0627. The monoisotopic (exact) mass is 389 g/mol. The number of aromatic nitrogens is 1. The Morgan fingerprint density at radius 3 is 2.41 bits per heavy atom. The highest BCUT2D eigenvalue weighted by Gasteiger charge is 2.23. The standard InChI is InChI=1S/C24H27N3O2/c1-16-12-18(3)22-19(13-16)14-20(23(28)25-22)15-26-8-10-27(11-9-26)24(29)21-7-5-4-6-17(21)2/h4-7,12-14H,8-11,15H2,1-3H3,(H,25,28). The van der Waals surface area contributed by atoms with Gasteiger partial charge in [0.25, 0.3) is 11.5 Å². The summed E-state index contributed by atoms with van der Waals surface area (Å²) < 4.78 is 0. The lowest BCUT2D eigenvalue weighted by atomic mass is 10.0. The van der Waals surface area contributed by atoms with Gasteiger partial charge < -0.3 is 9.88 Å². The Labute approximate surface area is 171 Å². The number of hydrogen-bond acceptors (Lipinski definition) is 3. The van der Waals surface area contributed by atoms with Crippen molar-refractivity contribution in [3.63, 3.8) is 0 Å². The van der Waals surface area contributed by atoms with Crippen LogP contribution < -0.4 is 5.56 Å². The van der Waals surface area contributed by atoms with Crippen LogP contribution in [0.4, 0.5) is 0 Å². The van der Waals surface area contributed by atoms with Gasteiger partial charge in [-0.05, 0) is 55.5 Å². The second-order valence-electron chi connectivity index (χ2n) is 8.05. The maximum Gasteiger partial charge on any atom is 0.254 e. The van der Waals surface area contributed by atoms with E-state index in [1.54, 1.807) is 0 Å². The van der Waals surface area contributed by atoms with Gasteiger partial charge in [0.15, 0.2) is 0 Å². The van der Waals surface area contributed by atoms with Crippen LogP contribution in [0.3, 0.4) is 0 Å². The Kier molecular flexibility index (Phi) is 5.24. The largest absolute Gasteiger partial charge is 0.336 e. The van der Waals surface area contributed by atoms with Gasteiger partial charge in [-0.25, -0.2) is 0 Å². The van der Waals surface area contributed by atoms with Crippen molar-refractivity contribution in [2.45, 2.75) is 27.3 Å². The third-order valence-corrected chi connectivity index (χ3v) is 5.80. The van der Waals surface area contributed by atoms with Crippen LogP contribution in [0, 0.1) is 20.8 Å². The van der Waals surface area contributed by atoms with Gasteiger partial charge in [-0.3, -0.25) is 14.5 Å². The normalized spacial score (nSPS) is 15.1. The number of rotatable bonds is 3. The molecule has 0 atom stereocenters. The maximum atomic E-state index is 12.8. The van der Waals surface area contributed by atoms with Gasteiger partial charge in [-0.1, -0.05) is 29.8 Å². The van der Waals surface area contributed by atoms with Crippen molar-refractivity contribution in [2.75, 3.05) is 26.2 Å². The number of amides is 1. The first-order valence-electron chi connectivity index (χ1n) is 10.1.